The Morgan fingerprint density at radius 3 is 2.57 bits per heavy atom. The molecule has 0 N–H and O–H groups in total. The molecule has 0 aromatic heterocycles. The summed E-state index contributed by atoms with van der Waals surface area (Å²) in [5.74, 6) is 1.92. The Balaban J connectivity index is 2.41. The number of hydrogen-bond donors (Lipinski definition) is 0. The lowest BCUT2D eigenvalue weighted by molar-refractivity contribution is -0.116. The predicted octanol–water partition coefficient (Wildman–Crippen LogP) is 1.56. The zero-order valence-electron chi connectivity index (χ0n) is 12.2. The summed E-state index contributed by atoms with van der Waals surface area (Å²) in [5, 5.41) is 0. The van der Waals surface area contributed by atoms with Crippen LogP contribution in [0.15, 0.2) is 23.1 Å². The van der Waals surface area contributed by atoms with Crippen molar-refractivity contribution in [2.24, 2.45) is 0 Å². The Labute approximate surface area is 129 Å². The van der Waals surface area contributed by atoms with Gasteiger partial charge in [-0.1, -0.05) is 6.07 Å². The number of ketones is 1. The Hall–Kier alpha value is -1.05. The fourth-order valence-electron chi connectivity index (χ4n) is 2.25. The third kappa shape index (κ3) is 3.78. The summed E-state index contributed by atoms with van der Waals surface area (Å²) in [6.45, 7) is 2.50. The molecule has 0 aliphatic carbocycles. The second kappa shape index (κ2) is 6.81. The summed E-state index contributed by atoms with van der Waals surface area (Å²) in [6.07, 6.45) is 0.225. The average molecular weight is 329 g/mol. The number of ether oxygens (including phenoxy) is 1. The van der Waals surface area contributed by atoms with Crippen LogP contribution >= 0.6 is 11.8 Å². The SMILES string of the molecule is COc1ccc(CC(C)=O)cc1S(=O)(=O)N1CCSCC1. The van der Waals surface area contributed by atoms with Gasteiger partial charge in [-0.2, -0.15) is 16.1 Å². The number of benzene rings is 1. The Morgan fingerprint density at radius 2 is 2.00 bits per heavy atom. The molecule has 1 saturated heterocycles. The van der Waals surface area contributed by atoms with Crippen molar-refractivity contribution in [2.75, 3.05) is 31.7 Å². The van der Waals surface area contributed by atoms with E-state index in [1.54, 1.807) is 30.0 Å². The Bertz CT molecular complexity index is 622. The lowest BCUT2D eigenvalue weighted by Crippen LogP contribution is -2.38. The predicted molar refractivity (Wildman–Crippen MR) is 83.5 cm³/mol. The third-order valence-electron chi connectivity index (χ3n) is 3.27. The van der Waals surface area contributed by atoms with Crippen LogP contribution in [0.3, 0.4) is 0 Å². The molecule has 1 aromatic carbocycles. The highest BCUT2D eigenvalue weighted by Gasteiger charge is 2.29. The molecule has 0 radical (unpaired) electrons. The number of carbonyl (C=O) groups excluding carboxylic acids is 1. The third-order valence-corrected chi connectivity index (χ3v) is 6.13. The highest BCUT2D eigenvalue weighted by atomic mass is 32.2. The second-order valence-electron chi connectivity index (χ2n) is 4.88. The van der Waals surface area contributed by atoms with Crippen LogP contribution in [0.25, 0.3) is 0 Å². The molecule has 1 aliphatic heterocycles. The van der Waals surface area contributed by atoms with E-state index in [-0.39, 0.29) is 17.1 Å². The zero-order valence-corrected chi connectivity index (χ0v) is 13.8. The second-order valence-corrected chi connectivity index (χ2v) is 8.01. The van der Waals surface area contributed by atoms with Crippen LogP contribution in [0, 0.1) is 0 Å². The maximum absolute atomic E-state index is 12.8. The van der Waals surface area contributed by atoms with Gasteiger partial charge >= 0.3 is 0 Å². The van der Waals surface area contributed by atoms with Gasteiger partial charge < -0.3 is 4.74 Å². The first-order chi connectivity index (χ1) is 9.95. The molecule has 7 heteroatoms. The van der Waals surface area contributed by atoms with Crippen molar-refractivity contribution in [3.05, 3.63) is 23.8 Å². The molecule has 2 rings (SSSR count). The van der Waals surface area contributed by atoms with Gasteiger partial charge in [-0.05, 0) is 24.6 Å². The lowest BCUT2D eigenvalue weighted by Gasteiger charge is -2.26. The quantitative estimate of drug-likeness (QED) is 0.820. The van der Waals surface area contributed by atoms with Crippen molar-refractivity contribution in [3.63, 3.8) is 0 Å². The smallest absolute Gasteiger partial charge is 0.246 e. The molecule has 1 fully saturated rings. The minimum absolute atomic E-state index is 0.00196. The number of carbonyl (C=O) groups is 1. The van der Waals surface area contributed by atoms with E-state index in [1.165, 1.54) is 18.3 Å². The number of methoxy groups -OCH3 is 1. The van der Waals surface area contributed by atoms with Gasteiger partial charge in [0.05, 0.1) is 7.11 Å². The molecule has 0 spiro atoms. The first-order valence-corrected chi connectivity index (χ1v) is 9.29. The molecular weight excluding hydrogens is 310 g/mol. The standard InChI is InChI=1S/C14H19NO4S2/c1-11(16)9-12-3-4-13(19-2)14(10-12)21(17,18)15-5-7-20-8-6-15/h3-4,10H,5-9H2,1-2H3. The summed E-state index contributed by atoms with van der Waals surface area (Å²) >= 11 is 1.75. The molecule has 1 aliphatic rings. The Morgan fingerprint density at radius 1 is 1.33 bits per heavy atom. The molecule has 21 heavy (non-hydrogen) atoms. The summed E-state index contributed by atoms with van der Waals surface area (Å²) in [6, 6.07) is 4.90. The fraction of sp³-hybridized carbons (Fsp3) is 0.500. The van der Waals surface area contributed by atoms with E-state index in [0.29, 0.717) is 24.4 Å². The summed E-state index contributed by atoms with van der Waals surface area (Å²) in [5.41, 5.74) is 0.688. The monoisotopic (exact) mass is 329 g/mol. The van der Waals surface area contributed by atoms with Gasteiger partial charge in [0.2, 0.25) is 10.0 Å². The number of thioether (sulfide) groups is 1. The minimum Gasteiger partial charge on any atom is -0.495 e. The maximum atomic E-state index is 12.8. The number of sulfonamides is 1. The van der Waals surface area contributed by atoms with Gasteiger partial charge in [0.25, 0.3) is 0 Å². The van der Waals surface area contributed by atoms with Crippen LogP contribution in [0.1, 0.15) is 12.5 Å². The lowest BCUT2D eigenvalue weighted by atomic mass is 10.1. The summed E-state index contributed by atoms with van der Waals surface area (Å²) < 4.78 is 32.2. The van der Waals surface area contributed by atoms with E-state index in [2.05, 4.69) is 0 Å². The number of hydrogen-bond acceptors (Lipinski definition) is 5. The van der Waals surface area contributed by atoms with Crippen molar-refractivity contribution in [3.8, 4) is 5.75 Å². The molecule has 0 bridgehead atoms. The van der Waals surface area contributed by atoms with Crippen LogP contribution in [-0.4, -0.2) is 50.2 Å². The molecule has 0 atom stereocenters. The first kappa shape index (κ1) is 16.3. The highest BCUT2D eigenvalue weighted by molar-refractivity contribution is 7.99. The van der Waals surface area contributed by atoms with Gasteiger partial charge in [0.1, 0.15) is 16.4 Å². The molecular formula is C14H19NO4S2. The molecule has 0 amide bonds. The van der Waals surface area contributed by atoms with Crippen molar-refractivity contribution < 1.29 is 17.9 Å². The fourth-order valence-corrected chi connectivity index (χ4v) is 5.03. The van der Waals surface area contributed by atoms with Gasteiger partial charge in [-0.3, -0.25) is 4.79 Å². The van der Waals surface area contributed by atoms with Crippen LogP contribution in [0.4, 0.5) is 0 Å². The molecule has 116 valence electrons. The highest BCUT2D eigenvalue weighted by Crippen LogP contribution is 2.29. The largest absolute Gasteiger partial charge is 0.495 e. The van der Waals surface area contributed by atoms with Gasteiger partial charge in [-0.25, -0.2) is 8.42 Å². The average Bonchev–Trinajstić information content (AvgIpc) is 2.47. The molecule has 0 saturated carbocycles. The first-order valence-electron chi connectivity index (χ1n) is 6.69. The van der Waals surface area contributed by atoms with E-state index in [0.717, 1.165) is 11.5 Å². The Kier molecular flexibility index (Phi) is 5.29. The van der Waals surface area contributed by atoms with Crippen LogP contribution in [0.5, 0.6) is 5.75 Å². The van der Waals surface area contributed by atoms with Crippen molar-refractivity contribution in [1.82, 2.24) is 4.31 Å². The molecule has 5 nitrogen and oxygen atoms in total. The minimum atomic E-state index is -3.58. The van der Waals surface area contributed by atoms with Crippen LogP contribution in [-0.2, 0) is 21.2 Å². The van der Waals surface area contributed by atoms with E-state index >= 15 is 0 Å². The van der Waals surface area contributed by atoms with Crippen molar-refractivity contribution in [2.45, 2.75) is 18.2 Å². The normalized spacial score (nSPS) is 16.7. The summed E-state index contributed by atoms with van der Waals surface area (Å²) in [7, 11) is -2.13. The topological polar surface area (TPSA) is 63.7 Å². The zero-order chi connectivity index (χ0) is 15.5. The number of rotatable bonds is 5. The van der Waals surface area contributed by atoms with Gasteiger partial charge in [0, 0.05) is 31.0 Å². The number of nitrogens with zero attached hydrogens (tertiary/aromatic N) is 1. The molecule has 1 aromatic rings. The van der Waals surface area contributed by atoms with E-state index in [9.17, 15) is 13.2 Å². The van der Waals surface area contributed by atoms with Crippen LogP contribution < -0.4 is 4.74 Å². The molecule has 0 unspecified atom stereocenters. The van der Waals surface area contributed by atoms with Crippen molar-refractivity contribution in [1.29, 1.82) is 0 Å². The van der Waals surface area contributed by atoms with Crippen LogP contribution in [0.2, 0.25) is 0 Å². The number of Topliss-reactive ketones (excluding diaryl/α,β-unsaturated/α-hetero) is 1. The van der Waals surface area contributed by atoms with Crippen molar-refractivity contribution >= 4 is 27.6 Å². The van der Waals surface area contributed by atoms with Gasteiger partial charge in [0.15, 0.2) is 0 Å². The van der Waals surface area contributed by atoms with E-state index < -0.39 is 10.0 Å². The van der Waals surface area contributed by atoms with E-state index in [4.69, 9.17) is 4.74 Å². The van der Waals surface area contributed by atoms with E-state index in [1.807, 2.05) is 0 Å². The molecule has 1 heterocycles. The maximum Gasteiger partial charge on any atom is 0.246 e. The van der Waals surface area contributed by atoms with Gasteiger partial charge in [-0.15, -0.1) is 0 Å². The summed E-state index contributed by atoms with van der Waals surface area (Å²) in [4.78, 5) is 11.4.